The van der Waals surface area contributed by atoms with Crippen LogP contribution in [0.3, 0.4) is 0 Å². The lowest BCUT2D eigenvalue weighted by Crippen LogP contribution is -2.13. The Bertz CT molecular complexity index is 2180. The SMILES string of the molecule is C=C(C=C=C(N=C(C)c1cccc(-c2ccccc2-c2ncccc2C2=CC=C(C3C=CC=CC3)C(C)C2)c1)C1=CCCC=C1)C1=CC=CCC1. The Morgan fingerprint density at radius 3 is 2.55 bits per heavy atom. The van der Waals surface area contributed by atoms with Gasteiger partial charge in [0.15, 0.2) is 0 Å². The maximum atomic E-state index is 5.19. The summed E-state index contributed by atoms with van der Waals surface area (Å²) in [7, 11) is 0. The lowest BCUT2D eigenvalue weighted by molar-refractivity contribution is 0.594. The number of hydrogen-bond donors (Lipinski definition) is 0. The number of aliphatic imine (C=N–C) groups is 1. The highest BCUT2D eigenvalue weighted by molar-refractivity contribution is 6.01. The van der Waals surface area contributed by atoms with Gasteiger partial charge in [0.2, 0.25) is 0 Å². The summed E-state index contributed by atoms with van der Waals surface area (Å²) >= 11 is 0. The molecular formula is C49H46N2. The number of pyridine rings is 1. The van der Waals surface area contributed by atoms with Crippen LogP contribution in [-0.4, -0.2) is 10.7 Å². The highest BCUT2D eigenvalue weighted by Gasteiger charge is 2.24. The molecule has 0 spiro atoms. The van der Waals surface area contributed by atoms with Crippen LogP contribution in [-0.2, 0) is 0 Å². The van der Waals surface area contributed by atoms with Gasteiger partial charge in [0.1, 0.15) is 5.70 Å². The molecule has 0 bridgehead atoms. The van der Waals surface area contributed by atoms with E-state index in [4.69, 9.17) is 9.98 Å². The van der Waals surface area contributed by atoms with E-state index in [1.54, 1.807) is 0 Å². The summed E-state index contributed by atoms with van der Waals surface area (Å²) in [5, 5.41) is 0. The third-order valence-corrected chi connectivity index (χ3v) is 10.3. The zero-order valence-electron chi connectivity index (χ0n) is 29.9. The van der Waals surface area contributed by atoms with Gasteiger partial charge in [-0.1, -0.05) is 146 Å². The van der Waals surface area contributed by atoms with Crippen molar-refractivity contribution in [3.05, 3.63) is 197 Å². The molecular weight excluding hydrogens is 617 g/mol. The molecule has 0 saturated carbocycles. The first-order chi connectivity index (χ1) is 25.0. The Balaban J connectivity index is 1.22. The number of allylic oxidation sites excluding steroid dienone is 16. The molecule has 7 rings (SSSR count). The van der Waals surface area contributed by atoms with Gasteiger partial charge in [-0.3, -0.25) is 4.98 Å². The quantitative estimate of drug-likeness (QED) is 0.127. The molecule has 4 aliphatic carbocycles. The van der Waals surface area contributed by atoms with E-state index in [9.17, 15) is 0 Å². The molecule has 1 heterocycles. The zero-order valence-corrected chi connectivity index (χ0v) is 29.9. The van der Waals surface area contributed by atoms with E-state index in [2.05, 4.69) is 160 Å². The van der Waals surface area contributed by atoms with Crippen LogP contribution in [0.2, 0.25) is 0 Å². The number of nitrogens with zero attached hydrogens (tertiary/aromatic N) is 2. The highest BCUT2D eigenvalue weighted by atomic mass is 14.8. The van der Waals surface area contributed by atoms with E-state index in [0.29, 0.717) is 11.8 Å². The molecule has 2 atom stereocenters. The second kappa shape index (κ2) is 16.0. The molecule has 0 amide bonds. The van der Waals surface area contributed by atoms with E-state index < -0.39 is 0 Å². The van der Waals surface area contributed by atoms with Gasteiger partial charge in [0.05, 0.1) is 5.69 Å². The van der Waals surface area contributed by atoms with Crippen LogP contribution < -0.4 is 0 Å². The molecule has 4 aliphatic rings. The van der Waals surface area contributed by atoms with Crippen molar-refractivity contribution < 1.29 is 0 Å². The van der Waals surface area contributed by atoms with E-state index in [0.717, 1.165) is 89.0 Å². The van der Waals surface area contributed by atoms with Crippen molar-refractivity contribution in [3.63, 3.8) is 0 Å². The van der Waals surface area contributed by atoms with Gasteiger partial charge in [0, 0.05) is 34.5 Å². The number of rotatable bonds is 9. The summed E-state index contributed by atoms with van der Waals surface area (Å²) in [4.78, 5) is 10.2. The molecule has 2 nitrogen and oxygen atoms in total. The first kappa shape index (κ1) is 33.9. The van der Waals surface area contributed by atoms with Crippen LogP contribution in [0.25, 0.3) is 28.0 Å². The fourth-order valence-electron chi connectivity index (χ4n) is 7.45. The first-order valence-corrected chi connectivity index (χ1v) is 18.4. The molecule has 0 N–H and O–H groups in total. The van der Waals surface area contributed by atoms with Crippen LogP contribution in [0.15, 0.2) is 191 Å². The zero-order chi connectivity index (χ0) is 35.0. The molecule has 3 aromatic rings. The minimum absolute atomic E-state index is 0.474. The van der Waals surface area contributed by atoms with Crippen molar-refractivity contribution in [2.45, 2.75) is 52.4 Å². The van der Waals surface area contributed by atoms with Crippen molar-refractivity contribution in [1.82, 2.24) is 4.98 Å². The standard InChI is InChI=1S/C49H46N2/c1-35(38-17-7-4-8-18-38)28-31-48(40-21-11-6-12-22-40)51-37(3)41-23-15-24-42(34-41)45-25-13-14-26-47(45)49-46(27-16-32-50-49)43-29-30-44(36(2)33-43)39-19-9-5-10-20-39/h4-5,7,9-11,13-17,19,21-30,32,34,36,39H,1,6,8,12,18,20,33H2,2-3H3. The van der Waals surface area contributed by atoms with Gasteiger partial charge in [-0.05, 0) is 103 Å². The molecule has 0 fully saturated rings. The topological polar surface area (TPSA) is 25.2 Å². The number of aromatic nitrogens is 1. The minimum atomic E-state index is 0.474. The monoisotopic (exact) mass is 662 g/mol. The van der Waals surface area contributed by atoms with Gasteiger partial charge >= 0.3 is 0 Å². The molecule has 0 aliphatic heterocycles. The predicted molar refractivity (Wildman–Crippen MR) is 217 cm³/mol. The van der Waals surface area contributed by atoms with Crippen LogP contribution >= 0.6 is 0 Å². The first-order valence-electron chi connectivity index (χ1n) is 18.4. The summed E-state index contributed by atoms with van der Waals surface area (Å²) in [5.41, 5.74) is 18.3. The van der Waals surface area contributed by atoms with Crippen LogP contribution in [0.1, 0.15) is 63.5 Å². The van der Waals surface area contributed by atoms with Crippen molar-refractivity contribution in [1.29, 1.82) is 0 Å². The Hall–Kier alpha value is -5.56. The van der Waals surface area contributed by atoms with E-state index in [-0.39, 0.29) is 0 Å². The lowest BCUT2D eigenvalue weighted by Gasteiger charge is -2.28. The summed E-state index contributed by atoms with van der Waals surface area (Å²) in [5.74, 6) is 0.965. The largest absolute Gasteiger partial charge is 0.256 e. The van der Waals surface area contributed by atoms with E-state index in [1.165, 1.54) is 22.3 Å². The lowest BCUT2D eigenvalue weighted by atomic mass is 9.77. The average Bonchev–Trinajstić information content (AvgIpc) is 3.20. The van der Waals surface area contributed by atoms with Crippen molar-refractivity contribution in [2.75, 3.05) is 0 Å². The van der Waals surface area contributed by atoms with Gasteiger partial charge < -0.3 is 0 Å². The van der Waals surface area contributed by atoms with Gasteiger partial charge in [-0.25, -0.2) is 4.99 Å². The Labute approximate surface area is 304 Å². The second-order valence-electron chi connectivity index (χ2n) is 13.8. The average molecular weight is 663 g/mol. The third-order valence-electron chi connectivity index (χ3n) is 10.3. The number of hydrogen-bond acceptors (Lipinski definition) is 2. The number of benzene rings is 2. The fraction of sp³-hybridized carbons (Fsp3) is 0.204. The predicted octanol–water partition coefficient (Wildman–Crippen LogP) is 12.9. The van der Waals surface area contributed by atoms with Gasteiger partial charge in [-0.2, -0.15) is 0 Å². The van der Waals surface area contributed by atoms with E-state index in [1.807, 2.05) is 12.3 Å². The molecule has 2 unspecified atom stereocenters. The van der Waals surface area contributed by atoms with Crippen LogP contribution in [0.5, 0.6) is 0 Å². The third kappa shape index (κ3) is 7.93. The van der Waals surface area contributed by atoms with E-state index >= 15 is 0 Å². The smallest absolute Gasteiger partial charge is 0.112 e. The Kier molecular flexibility index (Phi) is 10.6. The van der Waals surface area contributed by atoms with Crippen molar-refractivity contribution in [3.8, 4) is 22.4 Å². The molecule has 0 radical (unpaired) electrons. The van der Waals surface area contributed by atoms with Crippen molar-refractivity contribution in [2.24, 2.45) is 16.8 Å². The summed E-state index contributed by atoms with van der Waals surface area (Å²) in [6.07, 6.45) is 36.9. The molecule has 51 heavy (non-hydrogen) atoms. The second-order valence-corrected chi connectivity index (χ2v) is 13.8. The molecule has 252 valence electrons. The van der Waals surface area contributed by atoms with Gasteiger partial charge in [0.25, 0.3) is 0 Å². The molecule has 2 aromatic carbocycles. The summed E-state index contributed by atoms with van der Waals surface area (Å²) in [6, 6.07) is 21.7. The maximum absolute atomic E-state index is 5.19. The summed E-state index contributed by atoms with van der Waals surface area (Å²) in [6.45, 7) is 8.80. The fourth-order valence-corrected chi connectivity index (χ4v) is 7.45. The summed E-state index contributed by atoms with van der Waals surface area (Å²) < 4.78 is 0. The molecule has 1 aromatic heterocycles. The molecule has 0 saturated heterocycles. The Morgan fingerprint density at radius 1 is 0.882 bits per heavy atom. The normalized spacial score (nSPS) is 19.8. The van der Waals surface area contributed by atoms with Crippen molar-refractivity contribution >= 4 is 11.3 Å². The Morgan fingerprint density at radius 2 is 1.76 bits per heavy atom. The van der Waals surface area contributed by atoms with Crippen LogP contribution in [0, 0.1) is 11.8 Å². The van der Waals surface area contributed by atoms with Crippen LogP contribution in [0.4, 0.5) is 0 Å². The minimum Gasteiger partial charge on any atom is -0.256 e. The van der Waals surface area contributed by atoms with Gasteiger partial charge in [-0.15, -0.1) is 0 Å². The maximum Gasteiger partial charge on any atom is 0.112 e. The highest BCUT2D eigenvalue weighted by Crippen LogP contribution is 2.41. The molecule has 2 heteroatoms.